The molecule has 0 saturated heterocycles. The summed E-state index contributed by atoms with van der Waals surface area (Å²) in [6.45, 7) is 4.66. The topological polar surface area (TPSA) is 12.0 Å². The first-order valence-corrected chi connectivity index (χ1v) is 7.72. The lowest BCUT2D eigenvalue weighted by Gasteiger charge is -2.03. The zero-order valence-corrected chi connectivity index (χ0v) is 11.8. The maximum Gasteiger partial charge on any atom is 0.0223 e. The van der Waals surface area contributed by atoms with E-state index in [1.807, 2.05) is 0 Å². The second kappa shape index (κ2) is 15.2. The van der Waals surface area contributed by atoms with Gasteiger partial charge in [-0.15, -0.1) is 11.6 Å². The van der Waals surface area contributed by atoms with Gasteiger partial charge in [-0.2, -0.15) is 0 Å². The van der Waals surface area contributed by atoms with Crippen LogP contribution in [-0.2, 0) is 0 Å². The van der Waals surface area contributed by atoms with Crippen molar-refractivity contribution < 1.29 is 0 Å². The Bertz CT molecular complexity index is 103. The van der Waals surface area contributed by atoms with Crippen LogP contribution in [0.1, 0.15) is 71.1 Å². The minimum atomic E-state index is 0.837. The van der Waals surface area contributed by atoms with Gasteiger partial charge in [0.1, 0.15) is 0 Å². The second-order valence-electron chi connectivity index (χ2n) is 4.62. The molecule has 98 valence electrons. The molecule has 0 aliphatic heterocycles. The largest absolute Gasteiger partial charge is 0.317 e. The molecule has 0 aromatic heterocycles. The van der Waals surface area contributed by atoms with Crippen LogP contribution >= 0.6 is 11.6 Å². The number of hydrogen-bond acceptors (Lipinski definition) is 1. The lowest BCUT2D eigenvalue weighted by atomic mass is 10.1. The molecule has 1 nitrogen and oxygen atoms in total. The first-order valence-electron chi connectivity index (χ1n) is 7.18. The van der Waals surface area contributed by atoms with E-state index in [0.29, 0.717) is 0 Å². The van der Waals surface area contributed by atoms with Crippen molar-refractivity contribution in [1.29, 1.82) is 0 Å². The molecule has 0 aliphatic rings. The van der Waals surface area contributed by atoms with Gasteiger partial charge in [0, 0.05) is 5.88 Å². The van der Waals surface area contributed by atoms with Gasteiger partial charge >= 0.3 is 0 Å². The third-order valence-electron chi connectivity index (χ3n) is 2.94. The van der Waals surface area contributed by atoms with Gasteiger partial charge in [-0.1, -0.05) is 51.9 Å². The standard InChI is InChI=1S/C14H30ClN/c1-2-3-13-16-14-11-9-7-5-4-6-8-10-12-15/h16H,2-14H2,1H3. The Morgan fingerprint density at radius 2 is 1.19 bits per heavy atom. The van der Waals surface area contributed by atoms with E-state index >= 15 is 0 Å². The molecule has 0 saturated carbocycles. The number of halogens is 1. The molecule has 0 atom stereocenters. The van der Waals surface area contributed by atoms with Crippen LogP contribution < -0.4 is 5.32 Å². The molecule has 2 heteroatoms. The number of nitrogens with one attached hydrogen (secondary N) is 1. The quantitative estimate of drug-likeness (QED) is 0.366. The number of alkyl halides is 1. The van der Waals surface area contributed by atoms with Crippen LogP contribution in [-0.4, -0.2) is 19.0 Å². The molecule has 1 N–H and O–H groups in total. The smallest absolute Gasteiger partial charge is 0.0223 e. The minimum Gasteiger partial charge on any atom is -0.317 e. The van der Waals surface area contributed by atoms with E-state index in [9.17, 15) is 0 Å². The van der Waals surface area contributed by atoms with Crippen molar-refractivity contribution in [2.24, 2.45) is 0 Å². The van der Waals surface area contributed by atoms with Crippen LogP contribution in [0.3, 0.4) is 0 Å². The average Bonchev–Trinajstić information content (AvgIpc) is 2.31. The van der Waals surface area contributed by atoms with E-state index in [2.05, 4.69) is 12.2 Å². The van der Waals surface area contributed by atoms with E-state index in [1.54, 1.807) is 0 Å². The number of unbranched alkanes of at least 4 members (excludes halogenated alkanes) is 8. The van der Waals surface area contributed by atoms with Crippen molar-refractivity contribution in [3.63, 3.8) is 0 Å². The summed E-state index contributed by atoms with van der Waals surface area (Å²) in [7, 11) is 0. The summed E-state index contributed by atoms with van der Waals surface area (Å²) >= 11 is 5.63. The summed E-state index contributed by atoms with van der Waals surface area (Å²) in [5, 5.41) is 3.49. The normalized spacial score (nSPS) is 10.9. The molecule has 0 rings (SSSR count). The van der Waals surface area contributed by atoms with Gasteiger partial charge in [0.05, 0.1) is 0 Å². The first-order chi connectivity index (χ1) is 7.91. The fourth-order valence-electron chi connectivity index (χ4n) is 1.83. The highest BCUT2D eigenvalue weighted by Gasteiger charge is 1.92. The molecule has 0 radical (unpaired) electrons. The summed E-state index contributed by atoms with van der Waals surface area (Å²) in [6, 6.07) is 0. The fraction of sp³-hybridized carbons (Fsp3) is 1.00. The summed E-state index contributed by atoms with van der Waals surface area (Å²) in [5.41, 5.74) is 0. The Kier molecular flexibility index (Phi) is 15.5. The SMILES string of the molecule is CCCCNCCCCCCCCCCCl. The molecule has 0 spiro atoms. The Morgan fingerprint density at radius 1 is 0.688 bits per heavy atom. The maximum absolute atomic E-state index is 5.63. The van der Waals surface area contributed by atoms with Crippen molar-refractivity contribution in [2.75, 3.05) is 19.0 Å². The minimum absolute atomic E-state index is 0.837. The predicted octanol–water partition coefficient (Wildman–Crippen LogP) is 4.74. The van der Waals surface area contributed by atoms with Crippen LogP contribution in [0.5, 0.6) is 0 Å². The van der Waals surface area contributed by atoms with Crippen LogP contribution in [0.4, 0.5) is 0 Å². The molecular weight excluding hydrogens is 218 g/mol. The molecule has 0 aromatic carbocycles. The van der Waals surface area contributed by atoms with Crippen LogP contribution in [0.15, 0.2) is 0 Å². The molecule has 16 heavy (non-hydrogen) atoms. The molecule has 0 unspecified atom stereocenters. The van der Waals surface area contributed by atoms with Gasteiger partial charge in [0.2, 0.25) is 0 Å². The lowest BCUT2D eigenvalue weighted by molar-refractivity contribution is 0.550. The van der Waals surface area contributed by atoms with Crippen LogP contribution in [0.25, 0.3) is 0 Å². The van der Waals surface area contributed by atoms with Gasteiger partial charge in [0.15, 0.2) is 0 Å². The number of hydrogen-bond donors (Lipinski definition) is 1. The molecule has 0 fully saturated rings. The summed E-state index contributed by atoms with van der Waals surface area (Å²) in [4.78, 5) is 0. The Morgan fingerprint density at radius 3 is 1.75 bits per heavy atom. The summed E-state index contributed by atoms with van der Waals surface area (Å²) in [6.07, 6.45) is 13.5. The maximum atomic E-state index is 5.63. The molecule has 0 bridgehead atoms. The third-order valence-corrected chi connectivity index (χ3v) is 3.21. The van der Waals surface area contributed by atoms with E-state index in [1.165, 1.54) is 77.3 Å². The highest BCUT2D eigenvalue weighted by Crippen LogP contribution is 2.08. The first kappa shape index (κ1) is 16.2. The van der Waals surface area contributed by atoms with E-state index < -0.39 is 0 Å². The molecule has 0 amide bonds. The van der Waals surface area contributed by atoms with E-state index in [-0.39, 0.29) is 0 Å². The lowest BCUT2D eigenvalue weighted by Crippen LogP contribution is -2.16. The molecule has 0 aliphatic carbocycles. The predicted molar refractivity (Wildman–Crippen MR) is 75.4 cm³/mol. The van der Waals surface area contributed by atoms with Crippen molar-refractivity contribution in [3.8, 4) is 0 Å². The highest BCUT2D eigenvalue weighted by molar-refractivity contribution is 6.17. The van der Waals surface area contributed by atoms with Gasteiger partial charge in [0.25, 0.3) is 0 Å². The molecular formula is C14H30ClN. The summed E-state index contributed by atoms with van der Waals surface area (Å²) in [5.74, 6) is 0.837. The Balaban J connectivity index is 2.83. The van der Waals surface area contributed by atoms with Crippen molar-refractivity contribution >= 4 is 11.6 Å². The highest BCUT2D eigenvalue weighted by atomic mass is 35.5. The monoisotopic (exact) mass is 247 g/mol. The van der Waals surface area contributed by atoms with E-state index in [0.717, 1.165) is 5.88 Å². The Labute approximate surface area is 107 Å². The van der Waals surface area contributed by atoms with Crippen molar-refractivity contribution in [1.82, 2.24) is 5.32 Å². The fourth-order valence-corrected chi connectivity index (χ4v) is 2.02. The zero-order chi connectivity index (χ0) is 11.9. The van der Waals surface area contributed by atoms with Gasteiger partial charge in [-0.05, 0) is 32.4 Å². The van der Waals surface area contributed by atoms with Crippen LogP contribution in [0.2, 0.25) is 0 Å². The second-order valence-corrected chi connectivity index (χ2v) is 5.00. The van der Waals surface area contributed by atoms with Gasteiger partial charge in [-0.25, -0.2) is 0 Å². The van der Waals surface area contributed by atoms with Gasteiger partial charge < -0.3 is 5.32 Å². The van der Waals surface area contributed by atoms with Gasteiger partial charge in [-0.3, -0.25) is 0 Å². The summed E-state index contributed by atoms with van der Waals surface area (Å²) < 4.78 is 0. The third kappa shape index (κ3) is 14.2. The number of rotatable bonds is 13. The van der Waals surface area contributed by atoms with Crippen molar-refractivity contribution in [3.05, 3.63) is 0 Å². The Hall–Kier alpha value is 0.250. The van der Waals surface area contributed by atoms with Crippen molar-refractivity contribution in [2.45, 2.75) is 71.1 Å². The van der Waals surface area contributed by atoms with E-state index in [4.69, 9.17) is 11.6 Å². The zero-order valence-electron chi connectivity index (χ0n) is 11.1. The molecule has 0 aromatic rings. The molecule has 0 heterocycles. The average molecular weight is 248 g/mol. The van der Waals surface area contributed by atoms with Crippen LogP contribution in [0, 0.1) is 0 Å².